The third-order valence-corrected chi connectivity index (χ3v) is 5.51. The molecule has 3 N–H and O–H groups in total. The standard InChI is InChI=1S/C12H9BrN4OS.C5H11N/c1-14-12(18)6-4-5-15-11-9(6)16-10(17-11)7-2-3-8(13)19-7;1-2-4-6-5-3-1/h2-5H,1H3,(H,14,18)(H,15,16,17);6H,1-5H2. The molecule has 0 aromatic carbocycles. The summed E-state index contributed by atoms with van der Waals surface area (Å²) in [6.45, 7) is 2.50. The van der Waals surface area contributed by atoms with Crippen molar-refractivity contribution in [3.8, 4) is 10.7 Å². The van der Waals surface area contributed by atoms with Gasteiger partial charge in [-0.3, -0.25) is 4.79 Å². The first kappa shape index (κ1) is 18.0. The second-order valence-corrected chi connectivity index (χ2v) is 8.10. The first-order valence-electron chi connectivity index (χ1n) is 8.22. The maximum Gasteiger partial charge on any atom is 0.253 e. The highest BCUT2D eigenvalue weighted by molar-refractivity contribution is 9.11. The van der Waals surface area contributed by atoms with Gasteiger partial charge in [0.1, 0.15) is 0 Å². The molecule has 4 rings (SSSR count). The van der Waals surface area contributed by atoms with Crippen LogP contribution in [-0.2, 0) is 0 Å². The van der Waals surface area contributed by atoms with Crippen LogP contribution in [0.4, 0.5) is 0 Å². The highest BCUT2D eigenvalue weighted by atomic mass is 79.9. The molecule has 1 aliphatic heterocycles. The molecule has 1 saturated heterocycles. The van der Waals surface area contributed by atoms with Crippen molar-refractivity contribution in [1.82, 2.24) is 25.6 Å². The zero-order valence-electron chi connectivity index (χ0n) is 13.9. The summed E-state index contributed by atoms with van der Waals surface area (Å²) >= 11 is 4.99. The number of fused-ring (bicyclic) bond motifs is 1. The third-order valence-electron chi connectivity index (χ3n) is 3.88. The van der Waals surface area contributed by atoms with E-state index in [0.717, 1.165) is 14.5 Å². The van der Waals surface area contributed by atoms with Crippen LogP contribution in [-0.4, -0.2) is 41.0 Å². The van der Waals surface area contributed by atoms with Crippen molar-refractivity contribution in [2.45, 2.75) is 19.3 Å². The maximum atomic E-state index is 11.8. The Labute approximate surface area is 158 Å². The van der Waals surface area contributed by atoms with Crippen LogP contribution in [0, 0.1) is 0 Å². The van der Waals surface area contributed by atoms with E-state index in [1.54, 1.807) is 30.6 Å². The van der Waals surface area contributed by atoms with Crippen LogP contribution in [0.25, 0.3) is 21.9 Å². The van der Waals surface area contributed by atoms with Crippen molar-refractivity contribution < 1.29 is 4.79 Å². The highest BCUT2D eigenvalue weighted by Crippen LogP contribution is 2.30. The lowest BCUT2D eigenvalue weighted by Crippen LogP contribution is -2.21. The number of amides is 1. The normalized spacial score (nSPS) is 14.0. The van der Waals surface area contributed by atoms with Crippen LogP contribution < -0.4 is 10.6 Å². The number of aromatic nitrogens is 3. The number of imidazole rings is 1. The van der Waals surface area contributed by atoms with Crippen molar-refractivity contribution in [1.29, 1.82) is 0 Å². The third kappa shape index (κ3) is 4.45. The lowest BCUT2D eigenvalue weighted by Gasteiger charge is -2.08. The average molecular weight is 422 g/mol. The van der Waals surface area contributed by atoms with E-state index >= 15 is 0 Å². The first-order chi connectivity index (χ1) is 12.2. The number of hydrogen-bond donors (Lipinski definition) is 3. The summed E-state index contributed by atoms with van der Waals surface area (Å²) < 4.78 is 1.03. The summed E-state index contributed by atoms with van der Waals surface area (Å²) in [6.07, 6.45) is 5.80. The largest absolute Gasteiger partial charge is 0.355 e. The Kier molecular flexibility index (Phi) is 6.17. The Bertz CT molecular complexity index is 844. The fourth-order valence-electron chi connectivity index (χ4n) is 2.59. The molecule has 1 aliphatic rings. The Hall–Kier alpha value is -1.77. The molecule has 4 heterocycles. The van der Waals surface area contributed by atoms with Gasteiger partial charge in [0.05, 0.1) is 19.7 Å². The summed E-state index contributed by atoms with van der Waals surface area (Å²) in [6, 6.07) is 5.60. The van der Waals surface area contributed by atoms with Gasteiger partial charge in [0, 0.05) is 13.2 Å². The van der Waals surface area contributed by atoms with Gasteiger partial charge < -0.3 is 15.6 Å². The van der Waals surface area contributed by atoms with E-state index in [9.17, 15) is 4.79 Å². The van der Waals surface area contributed by atoms with E-state index in [4.69, 9.17) is 0 Å². The van der Waals surface area contributed by atoms with Gasteiger partial charge in [0.15, 0.2) is 11.5 Å². The van der Waals surface area contributed by atoms with Crippen molar-refractivity contribution in [2.75, 3.05) is 20.1 Å². The van der Waals surface area contributed by atoms with Gasteiger partial charge in [-0.25, -0.2) is 9.97 Å². The smallest absolute Gasteiger partial charge is 0.253 e. The molecule has 0 aliphatic carbocycles. The number of nitrogens with one attached hydrogen (secondary N) is 3. The van der Waals surface area contributed by atoms with Gasteiger partial charge in [-0.2, -0.15) is 0 Å². The van der Waals surface area contributed by atoms with E-state index in [0.29, 0.717) is 16.7 Å². The van der Waals surface area contributed by atoms with E-state index < -0.39 is 0 Å². The zero-order chi connectivity index (χ0) is 17.6. The lowest BCUT2D eigenvalue weighted by molar-refractivity contribution is 0.0964. The van der Waals surface area contributed by atoms with Crippen molar-refractivity contribution >= 4 is 44.3 Å². The molecule has 3 aromatic rings. The Morgan fingerprint density at radius 3 is 2.60 bits per heavy atom. The molecular weight excluding hydrogens is 402 g/mol. The fourth-order valence-corrected chi connectivity index (χ4v) is 3.93. The topological polar surface area (TPSA) is 82.7 Å². The Morgan fingerprint density at radius 2 is 2.04 bits per heavy atom. The Morgan fingerprint density at radius 1 is 1.24 bits per heavy atom. The molecule has 3 aromatic heterocycles. The van der Waals surface area contributed by atoms with E-state index in [-0.39, 0.29) is 5.91 Å². The number of pyridine rings is 1. The molecule has 0 spiro atoms. The van der Waals surface area contributed by atoms with Crippen LogP contribution >= 0.6 is 27.3 Å². The van der Waals surface area contributed by atoms with E-state index in [1.807, 2.05) is 12.1 Å². The molecule has 8 heteroatoms. The minimum atomic E-state index is -0.157. The molecule has 0 unspecified atom stereocenters. The second kappa shape index (κ2) is 8.55. The molecule has 0 atom stereocenters. The van der Waals surface area contributed by atoms with Crippen LogP contribution in [0.2, 0.25) is 0 Å². The molecule has 25 heavy (non-hydrogen) atoms. The van der Waals surface area contributed by atoms with Crippen LogP contribution in [0.3, 0.4) is 0 Å². The minimum Gasteiger partial charge on any atom is -0.355 e. The SMILES string of the molecule is C1CCNCC1.CNC(=O)c1ccnc2nc(-c3ccc(Br)s3)[nH]c12. The van der Waals surface area contributed by atoms with Gasteiger partial charge in [-0.05, 0) is 60.1 Å². The van der Waals surface area contributed by atoms with Crippen LogP contribution in [0.15, 0.2) is 28.2 Å². The number of hydrogen-bond acceptors (Lipinski definition) is 5. The molecule has 6 nitrogen and oxygen atoms in total. The van der Waals surface area contributed by atoms with Gasteiger partial charge in [-0.1, -0.05) is 6.42 Å². The quantitative estimate of drug-likeness (QED) is 0.590. The molecule has 0 bridgehead atoms. The summed E-state index contributed by atoms with van der Waals surface area (Å²) in [5.74, 6) is 0.560. The second-order valence-electron chi connectivity index (χ2n) is 5.64. The monoisotopic (exact) mass is 421 g/mol. The number of halogens is 1. The summed E-state index contributed by atoms with van der Waals surface area (Å²) in [4.78, 5) is 24.5. The maximum absolute atomic E-state index is 11.8. The zero-order valence-corrected chi connectivity index (χ0v) is 16.3. The number of nitrogens with zero attached hydrogens (tertiary/aromatic N) is 2. The highest BCUT2D eigenvalue weighted by Gasteiger charge is 2.14. The van der Waals surface area contributed by atoms with E-state index in [1.165, 1.54) is 32.4 Å². The molecule has 0 saturated carbocycles. The molecular formula is C17H20BrN5OS. The van der Waals surface area contributed by atoms with Gasteiger partial charge in [0.2, 0.25) is 0 Å². The number of carbonyl (C=O) groups excluding carboxylic acids is 1. The number of H-pyrrole nitrogens is 1. The number of thiophene rings is 1. The number of rotatable bonds is 2. The van der Waals surface area contributed by atoms with Crippen molar-refractivity contribution in [3.05, 3.63) is 33.7 Å². The summed E-state index contributed by atoms with van der Waals surface area (Å²) in [5.41, 5.74) is 1.74. The van der Waals surface area contributed by atoms with Crippen molar-refractivity contribution in [3.63, 3.8) is 0 Å². The average Bonchev–Trinajstić information content (AvgIpc) is 3.28. The van der Waals surface area contributed by atoms with E-state index in [2.05, 4.69) is 41.5 Å². The minimum absolute atomic E-state index is 0.157. The molecule has 0 radical (unpaired) electrons. The number of aromatic amines is 1. The predicted molar refractivity (Wildman–Crippen MR) is 105 cm³/mol. The first-order valence-corrected chi connectivity index (χ1v) is 9.83. The van der Waals surface area contributed by atoms with Crippen LogP contribution in [0.5, 0.6) is 0 Å². The van der Waals surface area contributed by atoms with Crippen molar-refractivity contribution in [2.24, 2.45) is 0 Å². The van der Waals surface area contributed by atoms with Gasteiger partial charge in [0.25, 0.3) is 5.91 Å². The Balaban J connectivity index is 0.000000258. The fraction of sp³-hybridized carbons (Fsp3) is 0.353. The van der Waals surface area contributed by atoms with Gasteiger partial charge >= 0.3 is 0 Å². The molecule has 132 valence electrons. The molecule has 1 fully saturated rings. The summed E-state index contributed by atoms with van der Waals surface area (Å²) in [5, 5.41) is 5.89. The molecule has 1 amide bonds. The predicted octanol–water partition coefficient (Wildman–Crippen LogP) is 3.57. The summed E-state index contributed by atoms with van der Waals surface area (Å²) in [7, 11) is 1.60. The van der Waals surface area contributed by atoms with Crippen LogP contribution in [0.1, 0.15) is 29.6 Å². The lowest BCUT2D eigenvalue weighted by atomic mass is 10.2. The van der Waals surface area contributed by atoms with Gasteiger partial charge in [-0.15, -0.1) is 11.3 Å². The number of piperidine rings is 1. The number of carbonyl (C=O) groups is 1.